The molecule has 1 aliphatic rings. The van der Waals surface area contributed by atoms with Crippen molar-refractivity contribution in [2.24, 2.45) is 10.9 Å². The summed E-state index contributed by atoms with van der Waals surface area (Å²) in [6.07, 6.45) is 9.53. The maximum atomic E-state index is 11.7. The molecule has 0 saturated heterocycles. The van der Waals surface area contributed by atoms with Crippen LogP contribution in [0.4, 0.5) is 0 Å². The van der Waals surface area contributed by atoms with Gasteiger partial charge in [0, 0.05) is 32.2 Å². The summed E-state index contributed by atoms with van der Waals surface area (Å²) in [5.74, 6) is 1.66. The molecule has 2 rings (SSSR count). The molecule has 1 unspecified atom stereocenters. The van der Waals surface area contributed by atoms with Crippen molar-refractivity contribution in [3.05, 3.63) is 35.4 Å². The Kier molecular flexibility index (Phi) is 8.45. The molecule has 5 nitrogen and oxygen atoms in total. The molecule has 1 aliphatic carbocycles. The largest absolute Gasteiger partial charge is 0.355 e. The second-order valence-corrected chi connectivity index (χ2v) is 7.33. The minimum Gasteiger partial charge on any atom is -0.355 e. The second kappa shape index (κ2) is 10.8. The monoisotopic (exact) mass is 358 g/mol. The number of benzene rings is 1. The van der Waals surface area contributed by atoms with Crippen molar-refractivity contribution in [2.45, 2.75) is 64.5 Å². The van der Waals surface area contributed by atoms with Crippen LogP contribution in [-0.2, 0) is 6.54 Å². The Labute approximate surface area is 158 Å². The number of hydrogen-bond donors (Lipinski definition) is 3. The quantitative estimate of drug-likeness (QED) is 0.516. The van der Waals surface area contributed by atoms with Gasteiger partial charge >= 0.3 is 0 Å². The fraction of sp³-hybridized carbons (Fsp3) is 0.619. The molecule has 144 valence electrons. The molecule has 1 aromatic carbocycles. The maximum Gasteiger partial charge on any atom is 0.251 e. The average Bonchev–Trinajstić information content (AvgIpc) is 2.69. The third kappa shape index (κ3) is 6.70. The third-order valence-corrected chi connectivity index (χ3v) is 5.22. The molecule has 5 heteroatoms. The lowest BCUT2D eigenvalue weighted by Gasteiger charge is -2.24. The summed E-state index contributed by atoms with van der Waals surface area (Å²) in [7, 11) is 3.44. The average molecular weight is 359 g/mol. The van der Waals surface area contributed by atoms with Crippen molar-refractivity contribution in [2.75, 3.05) is 14.1 Å². The zero-order chi connectivity index (χ0) is 18.8. The van der Waals surface area contributed by atoms with Gasteiger partial charge in [0.15, 0.2) is 5.96 Å². The van der Waals surface area contributed by atoms with Gasteiger partial charge in [0.25, 0.3) is 5.91 Å². The predicted molar refractivity (Wildman–Crippen MR) is 108 cm³/mol. The first-order valence-electron chi connectivity index (χ1n) is 9.90. The Balaban J connectivity index is 1.77. The SMILES string of the molecule is CN=C(NCc1cccc(C(=O)NC)c1)NC(C)CCC1CCCCC1. The van der Waals surface area contributed by atoms with Gasteiger partial charge in [-0.05, 0) is 43.4 Å². The minimum atomic E-state index is -0.0642. The first-order chi connectivity index (χ1) is 12.6. The van der Waals surface area contributed by atoms with Crippen molar-refractivity contribution in [1.29, 1.82) is 0 Å². The van der Waals surface area contributed by atoms with E-state index in [0.29, 0.717) is 18.2 Å². The van der Waals surface area contributed by atoms with E-state index in [1.807, 2.05) is 24.3 Å². The zero-order valence-electron chi connectivity index (χ0n) is 16.5. The molecule has 0 heterocycles. The van der Waals surface area contributed by atoms with Crippen LogP contribution in [0.3, 0.4) is 0 Å². The molecule has 1 atom stereocenters. The van der Waals surface area contributed by atoms with Gasteiger partial charge in [0.2, 0.25) is 0 Å². The number of hydrogen-bond acceptors (Lipinski definition) is 2. The first kappa shape index (κ1) is 20.3. The molecule has 1 fully saturated rings. The number of nitrogens with zero attached hydrogens (tertiary/aromatic N) is 1. The lowest BCUT2D eigenvalue weighted by molar-refractivity contribution is 0.0963. The van der Waals surface area contributed by atoms with E-state index >= 15 is 0 Å². The van der Waals surface area contributed by atoms with E-state index in [2.05, 4.69) is 27.9 Å². The number of guanidine groups is 1. The van der Waals surface area contributed by atoms with Crippen LogP contribution < -0.4 is 16.0 Å². The third-order valence-electron chi connectivity index (χ3n) is 5.22. The van der Waals surface area contributed by atoms with E-state index in [1.165, 1.54) is 44.9 Å². The summed E-state index contributed by atoms with van der Waals surface area (Å²) in [4.78, 5) is 16.1. The molecule has 1 saturated carbocycles. The zero-order valence-corrected chi connectivity index (χ0v) is 16.5. The van der Waals surface area contributed by atoms with Gasteiger partial charge in [-0.15, -0.1) is 0 Å². The number of nitrogens with one attached hydrogen (secondary N) is 3. The van der Waals surface area contributed by atoms with Crippen LogP contribution in [0, 0.1) is 5.92 Å². The van der Waals surface area contributed by atoms with Crippen LogP contribution in [0.25, 0.3) is 0 Å². The van der Waals surface area contributed by atoms with Crippen molar-refractivity contribution < 1.29 is 4.79 Å². The van der Waals surface area contributed by atoms with Crippen LogP contribution in [0.2, 0.25) is 0 Å². The number of rotatable bonds is 7. The molecule has 0 aromatic heterocycles. The fourth-order valence-electron chi connectivity index (χ4n) is 3.61. The molecule has 1 amide bonds. The van der Waals surface area contributed by atoms with E-state index < -0.39 is 0 Å². The highest BCUT2D eigenvalue weighted by Crippen LogP contribution is 2.27. The standard InChI is InChI=1S/C21H34N4O/c1-16(12-13-17-8-5-4-6-9-17)25-21(23-3)24-15-18-10-7-11-19(14-18)20(26)22-2/h7,10-11,14,16-17H,4-6,8-9,12-13,15H2,1-3H3,(H,22,26)(H2,23,24,25). The Morgan fingerprint density at radius 2 is 2.04 bits per heavy atom. The highest BCUT2D eigenvalue weighted by Gasteiger charge is 2.15. The van der Waals surface area contributed by atoms with E-state index in [0.717, 1.165) is 17.4 Å². The van der Waals surface area contributed by atoms with Crippen LogP contribution in [0.15, 0.2) is 29.3 Å². The van der Waals surface area contributed by atoms with Crippen molar-refractivity contribution in [3.8, 4) is 0 Å². The summed E-state index contributed by atoms with van der Waals surface area (Å²) < 4.78 is 0. The number of carbonyl (C=O) groups is 1. The van der Waals surface area contributed by atoms with Crippen LogP contribution in [-0.4, -0.2) is 32.0 Å². The van der Waals surface area contributed by atoms with Crippen LogP contribution in [0.1, 0.15) is 67.8 Å². The number of amides is 1. The number of carbonyl (C=O) groups excluding carboxylic acids is 1. The normalized spacial score (nSPS) is 16.8. The molecule has 0 radical (unpaired) electrons. The van der Waals surface area contributed by atoms with Gasteiger partial charge in [-0.2, -0.15) is 0 Å². The fourth-order valence-corrected chi connectivity index (χ4v) is 3.61. The molecular weight excluding hydrogens is 324 g/mol. The highest BCUT2D eigenvalue weighted by atomic mass is 16.1. The summed E-state index contributed by atoms with van der Waals surface area (Å²) in [6.45, 7) is 2.86. The summed E-state index contributed by atoms with van der Waals surface area (Å²) in [5, 5.41) is 9.49. The van der Waals surface area contributed by atoms with Gasteiger partial charge in [-0.25, -0.2) is 0 Å². The van der Waals surface area contributed by atoms with E-state index in [4.69, 9.17) is 0 Å². The first-order valence-corrected chi connectivity index (χ1v) is 9.90. The molecule has 0 spiro atoms. The van der Waals surface area contributed by atoms with Gasteiger partial charge in [-0.3, -0.25) is 9.79 Å². The van der Waals surface area contributed by atoms with Crippen LogP contribution in [0.5, 0.6) is 0 Å². The molecule has 0 bridgehead atoms. The van der Waals surface area contributed by atoms with E-state index in [9.17, 15) is 4.79 Å². The van der Waals surface area contributed by atoms with Crippen LogP contribution >= 0.6 is 0 Å². The predicted octanol–water partition coefficient (Wildman–Crippen LogP) is 3.46. The van der Waals surface area contributed by atoms with Gasteiger partial charge in [0.05, 0.1) is 0 Å². The second-order valence-electron chi connectivity index (χ2n) is 7.33. The molecule has 0 aliphatic heterocycles. The minimum absolute atomic E-state index is 0.0642. The molecular formula is C21H34N4O. The lowest BCUT2D eigenvalue weighted by atomic mass is 9.85. The molecule has 1 aromatic rings. The maximum absolute atomic E-state index is 11.7. The highest BCUT2D eigenvalue weighted by molar-refractivity contribution is 5.94. The van der Waals surface area contributed by atoms with Crippen molar-refractivity contribution in [1.82, 2.24) is 16.0 Å². The summed E-state index contributed by atoms with van der Waals surface area (Å²) in [5.41, 5.74) is 1.74. The van der Waals surface area contributed by atoms with Crippen molar-refractivity contribution >= 4 is 11.9 Å². The van der Waals surface area contributed by atoms with Crippen molar-refractivity contribution in [3.63, 3.8) is 0 Å². The van der Waals surface area contributed by atoms with E-state index in [-0.39, 0.29) is 5.91 Å². The Morgan fingerprint density at radius 1 is 1.27 bits per heavy atom. The van der Waals surface area contributed by atoms with Gasteiger partial charge in [0.1, 0.15) is 0 Å². The Morgan fingerprint density at radius 3 is 2.73 bits per heavy atom. The smallest absolute Gasteiger partial charge is 0.251 e. The lowest BCUT2D eigenvalue weighted by Crippen LogP contribution is -2.42. The molecule has 3 N–H and O–H groups in total. The number of aliphatic imine (C=N–C) groups is 1. The topological polar surface area (TPSA) is 65.5 Å². The summed E-state index contributed by atoms with van der Waals surface area (Å²) in [6, 6.07) is 8.05. The molecule has 26 heavy (non-hydrogen) atoms. The Hall–Kier alpha value is -2.04. The van der Waals surface area contributed by atoms with Gasteiger partial charge in [-0.1, -0.05) is 44.2 Å². The Bertz CT molecular complexity index is 593. The van der Waals surface area contributed by atoms with Gasteiger partial charge < -0.3 is 16.0 Å². The summed E-state index contributed by atoms with van der Waals surface area (Å²) >= 11 is 0. The van der Waals surface area contributed by atoms with E-state index in [1.54, 1.807) is 14.1 Å².